The van der Waals surface area contributed by atoms with Crippen LogP contribution in [0.25, 0.3) is 0 Å². The van der Waals surface area contributed by atoms with E-state index < -0.39 is 10.0 Å². The molecule has 0 amide bonds. The largest absolute Gasteiger partial charge is 0.339 e. The van der Waals surface area contributed by atoms with Gasteiger partial charge in [-0.2, -0.15) is 0 Å². The van der Waals surface area contributed by atoms with Crippen molar-refractivity contribution in [2.75, 3.05) is 13.1 Å². The highest BCUT2D eigenvalue weighted by molar-refractivity contribution is 7.89. The van der Waals surface area contributed by atoms with E-state index in [-0.39, 0.29) is 10.6 Å². The zero-order chi connectivity index (χ0) is 16.9. The molecule has 2 aromatic rings. The van der Waals surface area contributed by atoms with E-state index >= 15 is 0 Å². The summed E-state index contributed by atoms with van der Waals surface area (Å²) in [7, 11) is -1.81. The number of hydrogen-bond donors (Lipinski definition) is 1. The van der Waals surface area contributed by atoms with Gasteiger partial charge in [0.2, 0.25) is 0 Å². The molecule has 1 aliphatic carbocycles. The predicted molar refractivity (Wildman–Crippen MR) is 88.6 cm³/mol. The number of hydrogen-bond acceptors (Lipinski definition) is 5. The molecule has 0 spiro atoms. The predicted octanol–water partition coefficient (Wildman–Crippen LogP) is 0.676. The Balaban J connectivity index is 1.45. The number of pyridine rings is 1. The fraction of sp³-hybridized carbons (Fsp3) is 0.500. The van der Waals surface area contributed by atoms with E-state index in [0.717, 1.165) is 37.4 Å². The van der Waals surface area contributed by atoms with Crippen LogP contribution in [-0.4, -0.2) is 46.5 Å². The van der Waals surface area contributed by atoms with Crippen molar-refractivity contribution in [2.24, 2.45) is 13.0 Å². The minimum atomic E-state index is -3.57. The maximum Gasteiger partial charge on any atom is 0.260 e. The average molecular weight is 347 g/mol. The molecule has 4 rings (SSSR count). The van der Waals surface area contributed by atoms with Crippen LogP contribution in [0.3, 0.4) is 0 Å². The van der Waals surface area contributed by atoms with Gasteiger partial charge in [-0.3, -0.25) is 9.88 Å². The van der Waals surface area contributed by atoms with Crippen LogP contribution >= 0.6 is 0 Å². The maximum atomic E-state index is 12.5. The number of imidazole rings is 1. The molecule has 8 heteroatoms. The number of piperidine rings is 1. The number of rotatable bonds is 5. The Morgan fingerprint density at radius 1 is 1.42 bits per heavy atom. The Labute approximate surface area is 141 Å². The molecule has 2 aromatic heterocycles. The number of likely N-dealkylation sites (tertiary alicyclic amines) is 1. The summed E-state index contributed by atoms with van der Waals surface area (Å²) < 4.78 is 29.6. The van der Waals surface area contributed by atoms with Gasteiger partial charge in [0.25, 0.3) is 10.0 Å². The fourth-order valence-electron chi connectivity index (χ4n) is 3.63. The SMILES string of the molecule is Cc1cccc(CN2C[C@@H]3C[C@]3(NS(=O)(=O)c3cn(C)cn3)C2)n1. The molecule has 1 saturated carbocycles. The first-order valence-electron chi connectivity index (χ1n) is 8.03. The summed E-state index contributed by atoms with van der Waals surface area (Å²) in [4.78, 5) is 10.8. The Kier molecular flexibility index (Phi) is 3.52. The molecule has 3 heterocycles. The van der Waals surface area contributed by atoms with Crippen LogP contribution in [0.4, 0.5) is 0 Å². The van der Waals surface area contributed by atoms with E-state index in [2.05, 4.69) is 19.6 Å². The number of nitrogens with zero attached hydrogens (tertiary/aromatic N) is 4. The molecule has 0 radical (unpaired) electrons. The Morgan fingerprint density at radius 2 is 2.25 bits per heavy atom. The van der Waals surface area contributed by atoms with Crippen molar-refractivity contribution in [1.29, 1.82) is 0 Å². The van der Waals surface area contributed by atoms with Crippen molar-refractivity contribution in [3.8, 4) is 0 Å². The Bertz CT molecular complexity index is 878. The van der Waals surface area contributed by atoms with Crippen molar-refractivity contribution in [3.63, 3.8) is 0 Å². The Morgan fingerprint density at radius 3 is 2.96 bits per heavy atom. The third-order valence-corrected chi connectivity index (χ3v) is 6.28. The van der Waals surface area contributed by atoms with Crippen LogP contribution in [-0.2, 0) is 23.6 Å². The quantitative estimate of drug-likeness (QED) is 0.860. The van der Waals surface area contributed by atoms with Gasteiger partial charge in [-0.15, -0.1) is 0 Å². The number of fused-ring (bicyclic) bond motifs is 1. The molecule has 2 aliphatic rings. The van der Waals surface area contributed by atoms with Crippen LogP contribution in [0, 0.1) is 12.8 Å². The first-order valence-corrected chi connectivity index (χ1v) is 9.51. The monoisotopic (exact) mass is 347 g/mol. The number of aromatic nitrogens is 3. The first kappa shape index (κ1) is 15.7. The molecule has 7 nitrogen and oxygen atoms in total. The summed E-state index contributed by atoms with van der Waals surface area (Å²) in [6.07, 6.45) is 3.93. The second kappa shape index (κ2) is 5.37. The lowest BCUT2D eigenvalue weighted by Crippen LogP contribution is -2.42. The fourth-order valence-corrected chi connectivity index (χ4v) is 5.08. The lowest BCUT2D eigenvalue weighted by Gasteiger charge is -2.21. The van der Waals surface area contributed by atoms with E-state index in [1.807, 2.05) is 25.1 Å². The first-order chi connectivity index (χ1) is 11.4. The van der Waals surface area contributed by atoms with Crippen LogP contribution in [0.15, 0.2) is 35.7 Å². The maximum absolute atomic E-state index is 12.5. The van der Waals surface area contributed by atoms with Crippen LogP contribution in [0.5, 0.6) is 0 Å². The second-order valence-corrected chi connectivity index (χ2v) is 8.61. The van der Waals surface area contributed by atoms with Gasteiger partial charge in [0.05, 0.1) is 17.6 Å². The smallest absolute Gasteiger partial charge is 0.260 e. The molecule has 128 valence electrons. The van der Waals surface area contributed by atoms with Gasteiger partial charge in [0.1, 0.15) is 0 Å². The van der Waals surface area contributed by atoms with Gasteiger partial charge in [0.15, 0.2) is 5.03 Å². The standard InChI is InChI=1S/C16H21N5O2S/c1-12-4-3-5-14(18-12)8-21-7-13-6-16(13,10-21)19-24(22,23)15-9-20(2)11-17-15/h3-5,9,11,13,19H,6-8,10H2,1-2H3/t13-,16-/m0/s1. The van der Waals surface area contributed by atoms with E-state index in [1.165, 1.54) is 12.5 Å². The highest BCUT2D eigenvalue weighted by Crippen LogP contribution is 2.50. The van der Waals surface area contributed by atoms with Crippen LogP contribution < -0.4 is 4.72 Å². The molecule has 1 saturated heterocycles. The lowest BCUT2D eigenvalue weighted by atomic mass is 10.2. The summed E-state index contributed by atoms with van der Waals surface area (Å²) in [5, 5.41) is 0.0869. The van der Waals surface area contributed by atoms with E-state index in [0.29, 0.717) is 5.92 Å². The van der Waals surface area contributed by atoms with Gasteiger partial charge in [0, 0.05) is 38.6 Å². The van der Waals surface area contributed by atoms with Crippen LogP contribution in [0.2, 0.25) is 0 Å². The van der Waals surface area contributed by atoms with Gasteiger partial charge >= 0.3 is 0 Å². The van der Waals surface area contributed by atoms with Crippen molar-refractivity contribution in [3.05, 3.63) is 42.1 Å². The number of aryl methyl sites for hydroxylation is 2. The summed E-state index contributed by atoms with van der Waals surface area (Å²) in [5.41, 5.74) is 1.70. The van der Waals surface area contributed by atoms with Crippen molar-refractivity contribution >= 4 is 10.0 Å². The van der Waals surface area contributed by atoms with Crippen molar-refractivity contribution < 1.29 is 8.42 Å². The van der Waals surface area contributed by atoms with E-state index in [9.17, 15) is 8.42 Å². The van der Waals surface area contributed by atoms with Crippen molar-refractivity contribution in [2.45, 2.75) is 30.5 Å². The second-order valence-electron chi connectivity index (χ2n) is 6.98. The van der Waals surface area contributed by atoms with Crippen LogP contribution in [0.1, 0.15) is 17.8 Å². The van der Waals surface area contributed by atoms with Crippen molar-refractivity contribution in [1.82, 2.24) is 24.2 Å². The highest BCUT2D eigenvalue weighted by atomic mass is 32.2. The third-order valence-electron chi connectivity index (χ3n) is 4.84. The molecule has 24 heavy (non-hydrogen) atoms. The summed E-state index contributed by atoms with van der Waals surface area (Å²) in [6, 6.07) is 6.00. The van der Waals surface area contributed by atoms with Gasteiger partial charge in [-0.25, -0.2) is 18.1 Å². The Hall–Kier alpha value is -1.77. The summed E-state index contributed by atoms with van der Waals surface area (Å²) in [5.74, 6) is 0.376. The average Bonchev–Trinajstić information content (AvgIpc) is 2.83. The third kappa shape index (κ3) is 2.85. The molecular weight excluding hydrogens is 326 g/mol. The number of nitrogens with one attached hydrogen (secondary N) is 1. The minimum absolute atomic E-state index is 0.0869. The number of sulfonamides is 1. The molecule has 2 atom stereocenters. The molecular formula is C16H21N5O2S. The van der Waals surface area contributed by atoms with E-state index in [4.69, 9.17) is 0 Å². The molecule has 2 fully saturated rings. The molecule has 0 aromatic carbocycles. The topological polar surface area (TPSA) is 80.1 Å². The molecule has 1 aliphatic heterocycles. The zero-order valence-corrected chi connectivity index (χ0v) is 14.6. The van der Waals surface area contributed by atoms with E-state index in [1.54, 1.807) is 11.6 Å². The van der Waals surface area contributed by atoms with Gasteiger partial charge in [-0.05, 0) is 31.4 Å². The molecule has 0 unspecified atom stereocenters. The van der Waals surface area contributed by atoms with Gasteiger partial charge < -0.3 is 4.57 Å². The highest BCUT2D eigenvalue weighted by Gasteiger charge is 2.61. The lowest BCUT2D eigenvalue weighted by molar-refractivity contribution is 0.283. The molecule has 1 N–H and O–H groups in total. The summed E-state index contributed by atoms with van der Waals surface area (Å²) >= 11 is 0. The minimum Gasteiger partial charge on any atom is -0.339 e. The summed E-state index contributed by atoms with van der Waals surface area (Å²) in [6.45, 7) is 4.36. The van der Waals surface area contributed by atoms with Gasteiger partial charge in [-0.1, -0.05) is 6.07 Å². The zero-order valence-electron chi connectivity index (χ0n) is 13.8. The molecule has 0 bridgehead atoms. The normalized spacial score (nSPS) is 26.5.